The van der Waals surface area contributed by atoms with Crippen LogP contribution >= 0.6 is 0 Å². The highest BCUT2D eigenvalue weighted by Crippen LogP contribution is 2.40. The van der Waals surface area contributed by atoms with E-state index in [1.54, 1.807) is 17.1 Å². The molecule has 2 fully saturated rings. The number of hydrogen-bond acceptors (Lipinski definition) is 3. The van der Waals surface area contributed by atoms with Crippen molar-refractivity contribution in [2.45, 2.75) is 38.6 Å². The average molecular weight is 380 g/mol. The van der Waals surface area contributed by atoms with Gasteiger partial charge in [-0.05, 0) is 43.7 Å². The Bertz CT molecular complexity index is 805. The summed E-state index contributed by atoms with van der Waals surface area (Å²) in [7, 11) is 0. The van der Waals surface area contributed by atoms with E-state index in [1.165, 1.54) is 5.56 Å². The van der Waals surface area contributed by atoms with E-state index in [-0.39, 0.29) is 23.8 Å². The third-order valence-electron chi connectivity index (χ3n) is 6.12. The fourth-order valence-electron chi connectivity index (χ4n) is 4.58. The fourth-order valence-corrected chi connectivity index (χ4v) is 4.58. The van der Waals surface area contributed by atoms with Crippen molar-refractivity contribution in [3.63, 3.8) is 0 Å². The molecule has 1 aromatic carbocycles. The lowest BCUT2D eigenvalue weighted by atomic mass is 9.78. The van der Waals surface area contributed by atoms with E-state index in [0.29, 0.717) is 13.1 Å². The van der Waals surface area contributed by atoms with Gasteiger partial charge in [0.15, 0.2) is 0 Å². The Kier molecular flexibility index (Phi) is 5.46. The molecule has 2 saturated heterocycles. The maximum atomic E-state index is 13.2. The number of likely N-dealkylation sites (tertiary alicyclic amines) is 2. The van der Waals surface area contributed by atoms with Crippen LogP contribution in [0.3, 0.4) is 0 Å². The van der Waals surface area contributed by atoms with Crippen LogP contribution in [-0.4, -0.2) is 57.6 Å². The van der Waals surface area contributed by atoms with Crippen molar-refractivity contribution in [2.24, 2.45) is 5.41 Å². The summed E-state index contributed by atoms with van der Waals surface area (Å²) in [5.74, 6) is 0.302. The van der Waals surface area contributed by atoms with E-state index in [1.807, 2.05) is 21.9 Å². The number of rotatable bonds is 6. The summed E-state index contributed by atoms with van der Waals surface area (Å²) in [6.07, 6.45) is 8.15. The summed E-state index contributed by atoms with van der Waals surface area (Å²) in [4.78, 5) is 29.7. The molecule has 0 radical (unpaired) electrons. The van der Waals surface area contributed by atoms with Gasteiger partial charge in [0.2, 0.25) is 11.8 Å². The molecule has 3 heterocycles. The van der Waals surface area contributed by atoms with E-state index >= 15 is 0 Å². The van der Waals surface area contributed by atoms with Crippen LogP contribution in [0.25, 0.3) is 0 Å². The summed E-state index contributed by atoms with van der Waals surface area (Å²) in [5, 5.41) is 4.11. The Labute approximate surface area is 166 Å². The number of aromatic nitrogens is 2. The van der Waals surface area contributed by atoms with Gasteiger partial charge in [0, 0.05) is 38.6 Å². The first-order chi connectivity index (χ1) is 13.7. The summed E-state index contributed by atoms with van der Waals surface area (Å²) in [5.41, 5.74) is 0.947. The normalized spacial score (nSPS) is 22.2. The fraction of sp³-hybridized carbons (Fsp3) is 0.500. The van der Waals surface area contributed by atoms with Crippen LogP contribution in [0.4, 0.5) is 0 Å². The third-order valence-corrected chi connectivity index (χ3v) is 6.12. The Hall–Kier alpha value is -2.63. The summed E-state index contributed by atoms with van der Waals surface area (Å²) >= 11 is 0. The molecule has 0 aliphatic carbocycles. The predicted molar refractivity (Wildman–Crippen MR) is 106 cm³/mol. The van der Waals surface area contributed by atoms with Crippen LogP contribution in [0.2, 0.25) is 0 Å². The lowest BCUT2D eigenvalue weighted by Crippen LogP contribution is -2.50. The van der Waals surface area contributed by atoms with Gasteiger partial charge in [-0.2, -0.15) is 5.10 Å². The zero-order valence-electron chi connectivity index (χ0n) is 16.3. The van der Waals surface area contributed by atoms with E-state index in [2.05, 4.69) is 29.4 Å². The van der Waals surface area contributed by atoms with Gasteiger partial charge in [-0.25, -0.2) is 0 Å². The smallest absolute Gasteiger partial charge is 0.244 e. The second kappa shape index (κ2) is 8.17. The van der Waals surface area contributed by atoms with E-state index in [4.69, 9.17) is 0 Å². The van der Waals surface area contributed by atoms with Crippen LogP contribution in [0.1, 0.15) is 31.2 Å². The lowest BCUT2D eigenvalue weighted by molar-refractivity contribution is -0.146. The molecular weight excluding hydrogens is 352 g/mol. The molecule has 28 heavy (non-hydrogen) atoms. The van der Waals surface area contributed by atoms with Gasteiger partial charge < -0.3 is 9.80 Å². The number of benzene rings is 1. The first-order valence-corrected chi connectivity index (χ1v) is 10.2. The van der Waals surface area contributed by atoms with Gasteiger partial charge in [0.1, 0.15) is 6.54 Å². The zero-order valence-corrected chi connectivity index (χ0v) is 16.3. The summed E-state index contributed by atoms with van der Waals surface area (Å²) < 4.78 is 1.64. The topological polar surface area (TPSA) is 58.4 Å². The highest BCUT2D eigenvalue weighted by atomic mass is 16.2. The minimum Gasteiger partial charge on any atom is -0.342 e. The number of carbonyl (C=O) groups is 2. The maximum absolute atomic E-state index is 13.2. The number of piperidine rings is 1. The van der Waals surface area contributed by atoms with Crippen molar-refractivity contribution in [1.82, 2.24) is 19.6 Å². The summed E-state index contributed by atoms with van der Waals surface area (Å²) in [6, 6.07) is 12.2. The SMILES string of the molecule is O=C(Cn1cccn1)N1CCC2(CCCN(CCCc3ccccc3)C2=O)C1. The molecule has 2 aromatic rings. The number of amides is 2. The predicted octanol–water partition coefficient (Wildman–Crippen LogP) is 2.36. The van der Waals surface area contributed by atoms with Gasteiger partial charge >= 0.3 is 0 Å². The Balaban J connectivity index is 1.33. The summed E-state index contributed by atoms with van der Waals surface area (Å²) in [6.45, 7) is 3.12. The second-order valence-corrected chi connectivity index (χ2v) is 8.03. The van der Waals surface area contributed by atoms with Crippen LogP contribution in [0.5, 0.6) is 0 Å². The highest BCUT2D eigenvalue weighted by molar-refractivity contribution is 5.86. The highest BCUT2D eigenvalue weighted by Gasteiger charge is 2.49. The quantitative estimate of drug-likeness (QED) is 0.773. The Morgan fingerprint density at radius 1 is 1.11 bits per heavy atom. The first kappa shape index (κ1) is 18.7. The van der Waals surface area contributed by atoms with Crippen LogP contribution in [0, 0.1) is 5.41 Å². The zero-order chi connectivity index (χ0) is 19.4. The van der Waals surface area contributed by atoms with Crippen molar-refractivity contribution >= 4 is 11.8 Å². The number of hydrogen-bond donors (Lipinski definition) is 0. The molecular formula is C22H28N4O2. The largest absolute Gasteiger partial charge is 0.342 e. The van der Waals surface area contributed by atoms with Gasteiger partial charge in [-0.3, -0.25) is 14.3 Å². The molecule has 2 aliphatic heterocycles. The van der Waals surface area contributed by atoms with Crippen molar-refractivity contribution in [3.05, 3.63) is 54.4 Å². The number of nitrogens with zero attached hydrogens (tertiary/aromatic N) is 4. The molecule has 2 amide bonds. The minimum absolute atomic E-state index is 0.0505. The molecule has 0 N–H and O–H groups in total. The van der Waals surface area contributed by atoms with E-state index < -0.39 is 0 Å². The monoisotopic (exact) mass is 380 g/mol. The molecule has 1 aromatic heterocycles. The average Bonchev–Trinajstić information content (AvgIpc) is 3.37. The molecule has 4 rings (SSSR count). The molecule has 148 valence electrons. The first-order valence-electron chi connectivity index (χ1n) is 10.2. The number of carbonyl (C=O) groups excluding carboxylic acids is 2. The van der Waals surface area contributed by atoms with Gasteiger partial charge in [0.25, 0.3) is 0 Å². The third kappa shape index (κ3) is 3.96. The molecule has 0 saturated carbocycles. The molecule has 1 spiro atoms. The van der Waals surface area contributed by atoms with Gasteiger partial charge in [0.05, 0.1) is 5.41 Å². The Morgan fingerprint density at radius 3 is 2.75 bits per heavy atom. The number of aryl methyl sites for hydroxylation is 1. The maximum Gasteiger partial charge on any atom is 0.244 e. The second-order valence-electron chi connectivity index (χ2n) is 8.03. The van der Waals surface area contributed by atoms with Crippen molar-refractivity contribution in [2.75, 3.05) is 26.2 Å². The minimum atomic E-state index is -0.370. The lowest BCUT2D eigenvalue weighted by Gasteiger charge is -2.39. The van der Waals surface area contributed by atoms with E-state index in [9.17, 15) is 9.59 Å². The van der Waals surface area contributed by atoms with Gasteiger partial charge in [-0.15, -0.1) is 0 Å². The standard InChI is InChI=1S/C22H28N4O2/c27-20(17-26-15-6-12-23-26)25-16-11-22(18-25)10-5-14-24(21(22)28)13-4-9-19-7-2-1-3-8-19/h1-3,6-8,12,15H,4-5,9-11,13-14,16-18H2. The molecule has 1 atom stereocenters. The molecule has 2 aliphatic rings. The Morgan fingerprint density at radius 2 is 1.96 bits per heavy atom. The van der Waals surface area contributed by atoms with Gasteiger partial charge in [-0.1, -0.05) is 30.3 Å². The molecule has 6 nitrogen and oxygen atoms in total. The van der Waals surface area contributed by atoms with E-state index in [0.717, 1.165) is 45.2 Å². The van der Waals surface area contributed by atoms with Crippen LogP contribution in [0.15, 0.2) is 48.8 Å². The van der Waals surface area contributed by atoms with Crippen molar-refractivity contribution in [3.8, 4) is 0 Å². The van der Waals surface area contributed by atoms with Crippen LogP contribution < -0.4 is 0 Å². The molecule has 1 unspecified atom stereocenters. The van der Waals surface area contributed by atoms with Crippen molar-refractivity contribution in [1.29, 1.82) is 0 Å². The van der Waals surface area contributed by atoms with Crippen molar-refractivity contribution < 1.29 is 9.59 Å². The molecule has 0 bridgehead atoms. The molecule has 6 heteroatoms. The van der Waals surface area contributed by atoms with Crippen LogP contribution in [-0.2, 0) is 22.6 Å².